The molecule has 170 valence electrons. The van der Waals surface area contributed by atoms with Crippen molar-refractivity contribution in [1.29, 1.82) is 0 Å². The molecule has 0 unspecified atom stereocenters. The second-order valence-electron chi connectivity index (χ2n) is 8.40. The number of pyridine rings is 1. The number of nitrogens with zero attached hydrogens (tertiary/aromatic N) is 5. The van der Waals surface area contributed by atoms with Crippen LogP contribution in [0.4, 0.5) is 27.3 Å². The number of fused-ring (bicyclic) bond motifs is 3. The van der Waals surface area contributed by atoms with Gasteiger partial charge in [0.15, 0.2) is 5.82 Å². The Morgan fingerprint density at radius 1 is 1.21 bits per heavy atom. The van der Waals surface area contributed by atoms with Crippen molar-refractivity contribution in [2.45, 2.75) is 32.7 Å². The lowest BCUT2D eigenvalue weighted by molar-refractivity contribution is -0.117. The fourth-order valence-corrected chi connectivity index (χ4v) is 4.00. The molecule has 1 saturated carbocycles. The van der Waals surface area contributed by atoms with Crippen LogP contribution in [0.2, 0.25) is 0 Å². The zero-order chi connectivity index (χ0) is 23.4. The number of benzene rings is 1. The first kappa shape index (κ1) is 20.9. The predicted octanol–water partition coefficient (Wildman–Crippen LogP) is 2.81. The van der Waals surface area contributed by atoms with Crippen molar-refractivity contribution in [3.05, 3.63) is 47.4 Å². The zero-order valence-electron chi connectivity index (χ0n) is 18.4. The lowest BCUT2D eigenvalue weighted by Gasteiger charge is -2.35. The molecule has 11 heteroatoms. The van der Waals surface area contributed by atoms with E-state index in [1.54, 1.807) is 11.6 Å². The number of carbonyl (C=O) groups is 2. The summed E-state index contributed by atoms with van der Waals surface area (Å²) < 4.78 is 16.3. The molecule has 0 saturated heterocycles. The highest BCUT2D eigenvalue weighted by Gasteiger charge is 2.32. The van der Waals surface area contributed by atoms with E-state index >= 15 is 0 Å². The number of rotatable bonds is 5. The van der Waals surface area contributed by atoms with Crippen LogP contribution in [0.3, 0.4) is 0 Å². The summed E-state index contributed by atoms with van der Waals surface area (Å²) in [5.74, 6) is 0.238. The SMILES string of the molecule is Cc1nc2n(n1)-c1cc(F)cc(Nc3cc(NC(=O)C4CC4)ncc3C(N)=O)c1N(C)[C@H]2C. The van der Waals surface area contributed by atoms with Gasteiger partial charge in [-0.15, -0.1) is 0 Å². The molecular formula is C22H23FN8O2. The van der Waals surface area contributed by atoms with Crippen LogP contribution in [-0.2, 0) is 4.79 Å². The summed E-state index contributed by atoms with van der Waals surface area (Å²) in [6.07, 6.45) is 2.99. The van der Waals surface area contributed by atoms with Crippen molar-refractivity contribution in [2.75, 3.05) is 22.6 Å². The van der Waals surface area contributed by atoms with Gasteiger partial charge in [0.1, 0.15) is 17.5 Å². The third kappa shape index (κ3) is 3.65. The van der Waals surface area contributed by atoms with E-state index in [1.807, 2.05) is 18.9 Å². The summed E-state index contributed by atoms with van der Waals surface area (Å²) in [4.78, 5) is 34.8. The van der Waals surface area contributed by atoms with E-state index in [0.717, 1.165) is 12.8 Å². The Morgan fingerprint density at radius 3 is 2.67 bits per heavy atom. The van der Waals surface area contributed by atoms with Gasteiger partial charge >= 0.3 is 0 Å². The molecule has 1 atom stereocenters. The Bertz CT molecular complexity index is 1300. The van der Waals surface area contributed by atoms with E-state index in [1.165, 1.54) is 24.4 Å². The minimum absolute atomic E-state index is 0.00951. The second kappa shape index (κ2) is 7.54. The first-order valence-corrected chi connectivity index (χ1v) is 10.6. The van der Waals surface area contributed by atoms with Crippen LogP contribution < -0.4 is 21.3 Å². The Kier molecular flexibility index (Phi) is 4.76. The van der Waals surface area contributed by atoms with Gasteiger partial charge < -0.3 is 21.3 Å². The molecular weight excluding hydrogens is 427 g/mol. The van der Waals surface area contributed by atoms with Crippen LogP contribution in [0.5, 0.6) is 0 Å². The maximum atomic E-state index is 14.7. The van der Waals surface area contributed by atoms with E-state index in [4.69, 9.17) is 5.73 Å². The van der Waals surface area contributed by atoms with Gasteiger partial charge in [-0.25, -0.2) is 19.0 Å². The first-order valence-electron chi connectivity index (χ1n) is 10.6. The molecule has 1 aliphatic heterocycles. The van der Waals surface area contributed by atoms with Crippen LogP contribution in [0.15, 0.2) is 24.4 Å². The summed E-state index contributed by atoms with van der Waals surface area (Å²) >= 11 is 0. The number of primary amides is 1. The van der Waals surface area contributed by atoms with Gasteiger partial charge in [0, 0.05) is 31.3 Å². The monoisotopic (exact) mass is 450 g/mol. The van der Waals surface area contributed by atoms with Crippen molar-refractivity contribution < 1.29 is 14.0 Å². The molecule has 4 N–H and O–H groups in total. The lowest BCUT2D eigenvalue weighted by Crippen LogP contribution is -2.31. The van der Waals surface area contributed by atoms with E-state index in [2.05, 4.69) is 25.7 Å². The molecule has 3 heterocycles. The Balaban J connectivity index is 1.60. The lowest BCUT2D eigenvalue weighted by atomic mass is 10.1. The van der Waals surface area contributed by atoms with Crippen LogP contribution in [0.25, 0.3) is 5.69 Å². The summed E-state index contributed by atoms with van der Waals surface area (Å²) in [5.41, 5.74) is 7.57. The molecule has 33 heavy (non-hydrogen) atoms. The maximum absolute atomic E-state index is 14.7. The van der Waals surface area contributed by atoms with Crippen LogP contribution in [0.1, 0.15) is 47.8 Å². The quantitative estimate of drug-likeness (QED) is 0.545. The Morgan fingerprint density at radius 2 is 1.97 bits per heavy atom. The number of aromatic nitrogens is 4. The third-order valence-corrected chi connectivity index (χ3v) is 5.97. The molecule has 1 aliphatic carbocycles. The Hall–Kier alpha value is -4.02. The fraction of sp³-hybridized carbons (Fsp3) is 0.318. The molecule has 2 aliphatic rings. The van der Waals surface area contributed by atoms with E-state index in [0.29, 0.717) is 34.4 Å². The van der Waals surface area contributed by atoms with Gasteiger partial charge in [-0.2, -0.15) is 5.10 Å². The molecule has 0 bridgehead atoms. The third-order valence-electron chi connectivity index (χ3n) is 5.97. The smallest absolute Gasteiger partial charge is 0.252 e. The minimum atomic E-state index is -0.703. The molecule has 1 fully saturated rings. The first-order chi connectivity index (χ1) is 15.7. The topological polar surface area (TPSA) is 131 Å². The predicted molar refractivity (Wildman–Crippen MR) is 120 cm³/mol. The highest BCUT2D eigenvalue weighted by molar-refractivity contribution is 6.01. The molecule has 3 aromatic rings. The van der Waals surface area contributed by atoms with Gasteiger partial charge in [-0.3, -0.25) is 9.59 Å². The minimum Gasteiger partial charge on any atom is -0.365 e. The molecule has 0 radical (unpaired) electrons. The number of hydrogen-bond acceptors (Lipinski definition) is 7. The standard InChI is InChI=1S/C22H23FN8O2/c1-10-21-26-11(2)29-31(21)17-7-13(23)6-16(19(17)30(10)3)27-15-8-18(25-9-14(15)20(24)32)28-22(33)12-4-5-12/h6-10,12H,4-5H2,1-3H3,(H2,24,32)(H2,25,27,28,33)/t10-/m0/s1. The van der Waals surface area contributed by atoms with Crippen molar-refractivity contribution in [3.63, 3.8) is 0 Å². The summed E-state index contributed by atoms with van der Waals surface area (Å²) in [7, 11) is 1.88. The molecule has 10 nitrogen and oxygen atoms in total. The van der Waals surface area contributed by atoms with Gasteiger partial charge in [0.2, 0.25) is 5.91 Å². The van der Waals surface area contributed by atoms with Crippen LogP contribution in [0, 0.1) is 18.7 Å². The highest BCUT2D eigenvalue weighted by Crippen LogP contribution is 2.43. The zero-order valence-corrected chi connectivity index (χ0v) is 18.4. The average Bonchev–Trinajstić information content (AvgIpc) is 3.53. The van der Waals surface area contributed by atoms with Crippen LogP contribution >= 0.6 is 0 Å². The van der Waals surface area contributed by atoms with Gasteiger partial charge in [0.05, 0.1) is 34.4 Å². The summed E-state index contributed by atoms with van der Waals surface area (Å²) in [6.45, 7) is 3.76. The maximum Gasteiger partial charge on any atom is 0.252 e. The highest BCUT2D eigenvalue weighted by atomic mass is 19.1. The number of anilines is 4. The van der Waals surface area contributed by atoms with Crippen LogP contribution in [-0.4, -0.2) is 38.6 Å². The summed E-state index contributed by atoms with van der Waals surface area (Å²) in [5, 5.41) is 10.3. The second-order valence-corrected chi connectivity index (χ2v) is 8.40. The number of amides is 2. The average molecular weight is 450 g/mol. The summed E-state index contributed by atoms with van der Waals surface area (Å²) in [6, 6.07) is 4.12. The van der Waals surface area contributed by atoms with Crippen molar-refractivity contribution in [1.82, 2.24) is 19.7 Å². The van der Waals surface area contributed by atoms with Gasteiger partial charge in [0.25, 0.3) is 5.91 Å². The van der Waals surface area contributed by atoms with E-state index in [9.17, 15) is 14.0 Å². The molecule has 2 amide bonds. The number of hydrogen-bond donors (Lipinski definition) is 3. The Labute approximate surface area is 189 Å². The van der Waals surface area contributed by atoms with Gasteiger partial charge in [-0.1, -0.05) is 0 Å². The normalized spacial score (nSPS) is 16.7. The number of nitrogens with two attached hydrogens (primary N) is 1. The van der Waals surface area contributed by atoms with E-state index in [-0.39, 0.29) is 29.2 Å². The van der Waals surface area contributed by atoms with Crippen molar-refractivity contribution >= 4 is 34.7 Å². The molecule has 1 aromatic carbocycles. The largest absolute Gasteiger partial charge is 0.365 e. The number of carbonyl (C=O) groups excluding carboxylic acids is 2. The fourth-order valence-electron chi connectivity index (χ4n) is 4.00. The number of nitrogens with one attached hydrogen (secondary N) is 2. The number of aryl methyl sites for hydroxylation is 1. The number of halogens is 1. The van der Waals surface area contributed by atoms with E-state index < -0.39 is 11.7 Å². The molecule has 2 aromatic heterocycles. The van der Waals surface area contributed by atoms with Crippen molar-refractivity contribution in [2.24, 2.45) is 11.7 Å². The molecule has 5 rings (SSSR count). The van der Waals surface area contributed by atoms with Crippen molar-refractivity contribution in [3.8, 4) is 5.69 Å². The molecule has 0 spiro atoms. The van der Waals surface area contributed by atoms with Gasteiger partial charge in [-0.05, 0) is 32.8 Å².